The third-order valence-corrected chi connectivity index (χ3v) is 4.00. The number of rotatable bonds is 7. The van der Waals surface area contributed by atoms with Gasteiger partial charge in [0.1, 0.15) is 5.69 Å². The number of hydrogen-bond acceptors (Lipinski definition) is 5. The van der Waals surface area contributed by atoms with Crippen LogP contribution in [0, 0.1) is 11.3 Å². The van der Waals surface area contributed by atoms with E-state index < -0.39 is 0 Å². The highest BCUT2D eigenvalue weighted by Gasteiger charge is 2.27. The molecule has 1 heterocycles. The second-order valence-electron chi connectivity index (χ2n) is 6.42. The first-order chi connectivity index (χ1) is 9.83. The molecule has 0 fully saturated rings. The lowest BCUT2D eigenvalue weighted by Crippen LogP contribution is -2.28. The number of nitrogens with one attached hydrogen (secondary N) is 1. The lowest BCUT2D eigenvalue weighted by Gasteiger charge is -2.31. The van der Waals surface area contributed by atoms with Crippen LogP contribution in [0.5, 0.6) is 11.8 Å². The molecule has 1 aromatic heterocycles. The summed E-state index contributed by atoms with van der Waals surface area (Å²) in [6.07, 6.45) is 2.62. The van der Waals surface area contributed by atoms with Crippen LogP contribution in [0.15, 0.2) is 6.20 Å². The SMILES string of the molecule is CCNC(CC(C)C(C)(C)C)c1ncc(OC)nc1OC. The van der Waals surface area contributed by atoms with Crippen molar-refractivity contribution < 1.29 is 9.47 Å². The van der Waals surface area contributed by atoms with Gasteiger partial charge in [0.05, 0.1) is 26.5 Å². The Hall–Kier alpha value is -1.36. The summed E-state index contributed by atoms with van der Waals surface area (Å²) in [5, 5.41) is 3.49. The molecule has 1 aromatic rings. The number of aromatic nitrogens is 2. The summed E-state index contributed by atoms with van der Waals surface area (Å²) in [5.74, 6) is 1.53. The van der Waals surface area contributed by atoms with Crippen LogP contribution in [0.4, 0.5) is 0 Å². The Balaban J connectivity index is 3.05. The molecular formula is C16H29N3O2. The average Bonchev–Trinajstić information content (AvgIpc) is 2.45. The molecule has 0 saturated heterocycles. The normalized spacial score (nSPS) is 14.6. The maximum absolute atomic E-state index is 5.39. The van der Waals surface area contributed by atoms with Crippen molar-refractivity contribution in [2.24, 2.45) is 11.3 Å². The first-order valence-electron chi connectivity index (χ1n) is 7.51. The Morgan fingerprint density at radius 3 is 2.38 bits per heavy atom. The van der Waals surface area contributed by atoms with Crippen LogP contribution < -0.4 is 14.8 Å². The van der Waals surface area contributed by atoms with E-state index in [-0.39, 0.29) is 11.5 Å². The van der Waals surface area contributed by atoms with Gasteiger partial charge in [-0.2, -0.15) is 4.98 Å². The predicted octanol–water partition coefficient (Wildman–Crippen LogP) is 3.22. The van der Waals surface area contributed by atoms with E-state index in [2.05, 4.69) is 49.9 Å². The molecule has 0 amide bonds. The maximum Gasteiger partial charge on any atom is 0.240 e. The minimum Gasteiger partial charge on any atom is -0.480 e. The molecule has 1 rings (SSSR count). The quantitative estimate of drug-likeness (QED) is 0.837. The van der Waals surface area contributed by atoms with E-state index in [0.717, 1.165) is 18.7 Å². The largest absolute Gasteiger partial charge is 0.480 e. The monoisotopic (exact) mass is 295 g/mol. The van der Waals surface area contributed by atoms with Crippen LogP contribution >= 0.6 is 0 Å². The van der Waals surface area contributed by atoms with Crippen LogP contribution in [-0.4, -0.2) is 30.7 Å². The summed E-state index contributed by atoms with van der Waals surface area (Å²) in [6, 6.07) is 0.123. The molecule has 1 N–H and O–H groups in total. The topological polar surface area (TPSA) is 56.3 Å². The molecule has 0 aliphatic rings. The highest BCUT2D eigenvalue weighted by atomic mass is 16.5. The first-order valence-corrected chi connectivity index (χ1v) is 7.51. The van der Waals surface area contributed by atoms with Gasteiger partial charge in [-0.05, 0) is 24.3 Å². The second-order valence-corrected chi connectivity index (χ2v) is 6.42. The summed E-state index contributed by atoms with van der Waals surface area (Å²) >= 11 is 0. The van der Waals surface area contributed by atoms with Gasteiger partial charge in [-0.3, -0.25) is 0 Å². The second kappa shape index (κ2) is 7.59. The molecule has 5 heteroatoms. The predicted molar refractivity (Wildman–Crippen MR) is 84.8 cm³/mol. The Kier molecular flexibility index (Phi) is 6.40. The average molecular weight is 295 g/mol. The van der Waals surface area contributed by atoms with E-state index >= 15 is 0 Å². The van der Waals surface area contributed by atoms with Crippen molar-refractivity contribution in [2.45, 2.75) is 47.1 Å². The summed E-state index contributed by atoms with van der Waals surface area (Å²) < 4.78 is 10.5. The van der Waals surface area contributed by atoms with Gasteiger partial charge < -0.3 is 14.8 Å². The first kappa shape index (κ1) is 17.7. The summed E-state index contributed by atoms with van der Waals surface area (Å²) in [6.45, 7) is 12.0. The minimum atomic E-state index is 0.123. The van der Waals surface area contributed by atoms with E-state index in [1.807, 2.05) is 0 Å². The summed E-state index contributed by atoms with van der Waals surface area (Å²) in [4.78, 5) is 8.83. The highest BCUT2D eigenvalue weighted by molar-refractivity contribution is 5.25. The molecule has 0 radical (unpaired) electrons. The van der Waals surface area contributed by atoms with E-state index in [9.17, 15) is 0 Å². The van der Waals surface area contributed by atoms with Crippen LogP contribution in [0.1, 0.15) is 52.8 Å². The van der Waals surface area contributed by atoms with Crippen LogP contribution in [0.3, 0.4) is 0 Å². The van der Waals surface area contributed by atoms with Gasteiger partial charge in [0.15, 0.2) is 0 Å². The highest BCUT2D eigenvalue weighted by Crippen LogP contribution is 2.35. The Morgan fingerprint density at radius 2 is 1.90 bits per heavy atom. The van der Waals surface area contributed by atoms with Gasteiger partial charge in [-0.25, -0.2) is 4.98 Å². The van der Waals surface area contributed by atoms with Crippen LogP contribution in [0.2, 0.25) is 0 Å². The van der Waals surface area contributed by atoms with Gasteiger partial charge >= 0.3 is 0 Å². The zero-order valence-electron chi connectivity index (χ0n) is 14.4. The fourth-order valence-corrected chi connectivity index (χ4v) is 2.10. The molecule has 0 aliphatic heterocycles. The number of nitrogens with zero attached hydrogens (tertiary/aromatic N) is 2. The standard InChI is InChI=1S/C16H29N3O2/c1-8-17-12(9-11(2)16(3,4)5)14-15(21-7)19-13(20-6)10-18-14/h10-12,17H,8-9H2,1-7H3. The van der Waals surface area contributed by atoms with E-state index in [0.29, 0.717) is 17.7 Å². The molecule has 2 atom stereocenters. The van der Waals surface area contributed by atoms with Gasteiger partial charge in [0, 0.05) is 0 Å². The minimum absolute atomic E-state index is 0.123. The Bertz CT molecular complexity index is 444. The van der Waals surface area contributed by atoms with Gasteiger partial charge in [0.2, 0.25) is 11.8 Å². The van der Waals surface area contributed by atoms with Crippen molar-refractivity contribution in [3.63, 3.8) is 0 Å². The van der Waals surface area contributed by atoms with Crippen molar-refractivity contribution in [3.8, 4) is 11.8 Å². The molecule has 0 spiro atoms. The fraction of sp³-hybridized carbons (Fsp3) is 0.750. The molecule has 0 saturated carbocycles. The Morgan fingerprint density at radius 1 is 1.24 bits per heavy atom. The molecule has 0 aliphatic carbocycles. The maximum atomic E-state index is 5.39. The van der Waals surface area contributed by atoms with Crippen LogP contribution in [0.25, 0.3) is 0 Å². The third-order valence-electron chi connectivity index (χ3n) is 4.00. The summed E-state index contributed by atoms with van der Waals surface area (Å²) in [5.41, 5.74) is 1.09. The zero-order valence-corrected chi connectivity index (χ0v) is 14.4. The fourth-order valence-electron chi connectivity index (χ4n) is 2.10. The van der Waals surface area contributed by atoms with Crippen molar-refractivity contribution in [1.29, 1.82) is 0 Å². The number of ether oxygens (including phenoxy) is 2. The van der Waals surface area contributed by atoms with Crippen molar-refractivity contribution >= 4 is 0 Å². The molecule has 2 unspecified atom stereocenters. The molecule has 5 nitrogen and oxygen atoms in total. The van der Waals surface area contributed by atoms with E-state index in [1.165, 1.54) is 0 Å². The van der Waals surface area contributed by atoms with Crippen molar-refractivity contribution in [2.75, 3.05) is 20.8 Å². The molecule has 0 bridgehead atoms. The van der Waals surface area contributed by atoms with Crippen LogP contribution in [-0.2, 0) is 0 Å². The Labute approximate surface area is 128 Å². The van der Waals surface area contributed by atoms with Gasteiger partial charge in [0.25, 0.3) is 0 Å². The van der Waals surface area contributed by atoms with E-state index in [1.54, 1.807) is 20.4 Å². The lowest BCUT2D eigenvalue weighted by atomic mass is 9.78. The molecular weight excluding hydrogens is 266 g/mol. The molecule has 120 valence electrons. The molecule has 0 aromatic carbocycles. The smallest absolute Gasteiger partial charge is 0.240 e. The van der Waals surface area contributed by atoms with Crippen molar-refractivity contribution in [3.05, 3.63) is 11.9 Å². The lowest BCUT2D eigenvalue weighted by molar-refractivity contribution is 0.220. The van der Waals surface area contributed by atoms with Gasteiger partial charge in [-0.1, -0.05) is 34.6 Å². The molecule has 21 heavy (non-hydrogen) atoms. The summed E-state index contributed by atoms with van der Waals surface area (Å²) in [7, 11) is 3.19. The third kappa shape index (κ3) is 4.84. The van der Waals surface area contributed by atoms with E-state index in [4.69, 9.17) is 9.47 Å². The zero-order chi connectivity index (χ0) is 16.0. The van der Waals surface area contributed by atoms with Gasteiger partial charge in [-0.15, -0.1) is 0 Å². The number of hydrogen-bond donors (Lipinski definition) is 1. The number of methoxy groups -OCH3 is 2. The van der Waals surface area contributed by atoms with Crippen molar-refractivity contribution in [1.82, 2.24) is 15.3 Å².